The third-order valence-corrected chi connectivity index (χ3v) is 5.67. The molecule has 0 atom stereocenters. The number of carbonyl (C=O) groups is 1. The number of ether oxygens (including phenoxy) is 3. The zero-order valence-electron chi connectivity index (χ0n) is 18.1. The number of methoxy groups -OCH3 is 2. The molecule has 1 amide bonds. The van der Waals surface area contributed by atoms with Crippen molar-refractivity contribution in [1.29, 1.82) is 0 Å². The van der Waals surface area contributed by atoms with Crippen molar-refractivity contribution in [3.05, 3.63) is 60.0 Å². The van der Waals surface area contributed by atoms with E-state index >= 15 is 0 Å². The summed E-state index contributed by atoms with van der Waals surface area (Å²) < 4.78 is 45.9. The number of sulfonamides is 1. The average Bonchev–Trinajstić information content (AvgIpc) is 3.26. The van der Waals surface area contributed by atoms with Gasteiger partial charge in [0.05, 0.1) is 26.9 Å². The number of nitrogens with one attached hydrogen (secondary N) is 1. The Morgan fingerprint density at radius 2 is 1.84 bits per heavy atom. The SMILES string of the molecule is COc1cccc(OC(C)C)c1S(=O)(=O)NC(=O)c1ccc(Cn2cccn2)c(OC)n1. The molecular weight excluding hydrogens is 436 g/mol. The van der Waals surface area contributed by atoms with Crippen LogP contribution < -0.4 is 18.9 Å². The van der Waals surface area contributed by atoms with Crippen molar-refractivity contribution >= 4 is 15.9 Å². The molecule has 10 nitrogen and oxygen atoms in total. The number of rotatable bonds is 9. The summed E-state index contributed by atoms with van der Waals surface area (Å²) in [5.74, 6) is -0.620. The van der Waals surface area contributed by atoms with Gasteiger partial charge >= 0.3 is 0 Å². The maximum absolute atomic E-state index is 13.1. The zero-order chi connectivity index (χ0) is 23.3. The highest BCUT2D eigenvalue weighted by atomic mass is 32.2. The van der Waals surface area contributed by atoms with Gasteiger partial charge in [-0.05, 0) is 44.2 Å². The number of hydrogen-bond donors (Lipinski definition) is 1. The summed E-state index contributed by atoms with van der Waals surface area (Å²) in [5.41, 5.74) is 0.545. The second-order valence-electron chi connectivity index (χ2n) is 6.96. The molecule has 0 bridgehead atoms. The Bertz CT molecular complexity index is 1190. The van der Waals surface area contributed by atoms with Gasteiger partial charge in [-0.3, -0.25) is 9.48 Å². The molecule has 0 unspecified atom stereocenters. The molecule has 0 radical (unpaired) electrons. The lowest BCUT2D eigenvalue weighted by molar-refractivity contribution is 0.0975. The molecule has 1 N–H and O–H groups in total. The van der Waals surface area contributed by atoms with Gasteiger partial charge < -0.3 is 14.2 Å². The molecule has 0 saturated heterocycles. The fourth-order valence-corrected chi connectivity index (χ4v) is 4.20. The molecule has 3 aromatic rings. The zero-order valence-corrected chi connectivity index (χ0v) is 18.9. The topological polar surface area (TPSA) is 122 Å². The standard InChI is InChI=1S/C21H24N4O6S/c1-14(2)31-18-8-5-7-17(29-3)19(18)32(27,28)24-20(26)16-10-9-15(21(23-16)30-4)13-25-12-6-11-22-25/h5-12,14H,13H2,1-4H3,(H,24,26). The molecule has 2 heterocycles. The summed E-state index contributed by atoms with van der Waals surface area (Å²) in [6, 6.07) is 9.39. The molecule has 2 aromatic heterocycles. The third kappa shape index (κ3) is 5.17. The number of carbonyl (C=O) groups excluding carboxylic acids is 1. The Hall–Kier alpha value is -3.60. The van der Waals surface area contributed by atoms with Crippen molar-refractivity contribution in [2.75, 3.05) is 14.2 Å². The lowest BCUT2D eigenvalue weighted by Crippen LogP contribution is -2.32. The van der Waals surface area contributed by atoms with Gasteiger partial charge in [0.25, 0.3) is 15.9 Å². The van der Waals surface area contributed by atoms with Crippen LogP contribution in [0.3, 0.4) is 0 Å². The Balaban J connectivity index is 1.90. The lowest BCUT2D eigenvalue weighted by Gasteiger charge is -2.17. The normalized spacial score (nSPS) is 11.3. The van der Waals surface area contributed by atoms with Gasteiger partial charge in [0.15, 0.2) is 4.90 Å². The molecule has 11 heteroatoms. The van der Waals surface area contributed by atoms with Crippen LogP contribution in [0.1, 0.15) is 29.9 Å². The first-order chi connectivity index (χ1) is 15.2. The monoisotopic (exact) mass is 460 g/mol. The van der Waals surface area contributed by atoms with Crippen LogP contribution in [0.2, 0.25) is 0 Å². The van der Waals surface area contributed by atoms with Crippen molar-refractivity contribution in [2.24, 2.45) is 0 Å². The lowest BCUT2D eigenvalue weighted by atomic mass is 10.2. The molecule has 3 rings (SSSR count). The second kappa shape index (κ2) is 9.69. The summed E-state index contributed by atoms with van der Waals surface area (Å²) in [7, 11) is -1.59. The predicted molar refractivity (Wildman–Crippen MR) is 116 cm³/mol. The van der Waals surface area contributed by atoms with Gasteiger partial charge in [-0.25, -0.2) is 18.1 Å². The van der Waals surface area contributed by atoms with Crippen LogP contribution >= 0.6 is 0 Å². The minimum atomic E-state index is -4.34. The molecule has 0 aliphatic rings. The number of benzene rings is 1. The predicted octanol–water partition coefficient (Wildman–Crippen LogP) is 2.25. The quantitative estimate of drug-likeness (QED) is 0.516. The third-order valence-electron chi connectivity index (χ3n) is 4.28. The van der Waals surface area contributed by atoms with Crippen molar-refractivity contribution < 1.29 is 27.4 Å². The molecule has 170 valence electrons. The van der Waals surface area contributed by atoms with E-state index in [1.807, 2.05) is 4.72 Å². The van der Waals surface area contributed by atoms with E-state index in [1.54, 1.807) is 49.1 Å². The van der Waals surface area contributed by atoms with Crippen molar-refractivity contribution in [3.8, 4) is 17.4 Å². The molecule has 0 spiro atoms. The van der Waals surface area contributed by atoms with Crippen molar-refractivity contribution in [3.63, 3.8) is 0 Å². The van der Waals surface area contributed by atoms with Gasteiger partial charge in [-0.2, -0.15) is 5.10 Å². The first-order valence-electron chi connectivity index (χ1n) is 9.67. The first-order valence-corrected chi connectivity index (χ1v) is 11.2. The second-order valence-corrected chi connectivity index (χ2v) is 8.58. The Morgan fingerprint density at radius 3 is 2.47 bits per heavy atom. The fraction of sp³-hybridized carbons (Fsp3) is 0.286. The molecule has 1 aromatic carbocycles. The van der Waals surface area contributed by atoms with Gasteiger partial charge in [0, 0.05) is 18.0 Å². The molecule has 0 aliphatic heterocycles. The Kier molecular flexibility index (Phi) is 6.98. The van der Waals surface area contributed by atoms with Crippen LogP contribution in [-0.2, 0) is 16.6 Å². The summed E-state index contributed by atoms with van der Waals surface area (Å²) in [5, 5.41) is 4.12. The van der Waals surface area contributed by atoms with Gasteiger partial charge in [0.2, 0.25) is 5.88 Å². The average molecular weight is 461 g/mol. The van der Waals surface area contributed by atoms with Crippen LogP contribution in [-0.4, -0.2) is 49.4 Å². The van der Waals surface area contributed by atoms with Crippen LogP contribution in [0, 0.1) is 0 Å². The summed E-state index contributed by atoms with van der Waals surface area (Å²) in [4.78, 5) is 16.6. The minimum absolute atomic E-state index is 0.0450. The fourth-order valence-electron chi connectivity index (χ4n) is 2.95. The van der Waals surface area contributed by atoms with Crippen LogP contribution in [0.5, 0.6) is 17.4 Å². The number of hydrogen-bond acceptors (Lipinski definition) is 8. The van der Waals surface area contributed by atoms with Crippen LogP contribution in [0.4, 0.5) is 0 Å². The van der Waals surface area contributed by atoms with E-state index in [1.165, 1.54) is 32.4 Å². The van der Waals surface area contributed by atoms with Gasteiger partial charge in [-0.1, -0.05) is 6.07 Å². The first kappa shape index (κ1) is 23.1. The summed E-state index contributed by atoms with van der Waals surface area (Å²) in [6.45, 7) is 3.89. The van der Waals surface area contributed by atoms with E-state index in [0.717, 1.165) is 0 Å². The highest BCUT2D eigenvalue weighted by Crippen LogP contribution is 2.33. The van der Waals surface area contributed by atoms with Gasteiger partial charge in [0.1, 0.15) is 17.2 Å². The largest absolute Gasteiger partial charge is 0.495 e. The molecule has 32 heavy (non-hydrogen) atoms. The Labute approximate surface area is 186 Å². The van der Waals surface area contributed by atoms with Crippen molar-refractivity contribution in [1.82, 2.24) is 19.5 Å². The number of nitrogens with zero attached hydrogens (tertiary/aromatic N) is 3. The van der Waals surface area contributed by atoms with Gasteiger partial charge in [-0.15, -0.1) is 0 Å². The summed E-state index contributed by atoms with van der Waals surface area (Å²) >= 11 is 0. The number of aromatic nitrogens is 3. The van der Waals surface area contributed by atoms with Crippen molar-refractivity contribution in [2.45, 2.75) is 31.4 Å². The van der Waals surface area contributed by atoms with E-state index in [0.29, 0.717) is 12.1 Å². The van der Waals surface area contributed by atoms with E-state index in [2.05, 4.69) is 10.1 Å². The van der Waals surface area contributed by atoms with E-state index in [9.17, 15) is 13.2 Å². The summed E-state index contributed by atoms with van der Waals surface area (Å²) in [6.07, 6.45) is 3.12. The number of pyridine rings is 1. The van der Waals surface area contributed by atoms with E-state index in [4.69, 9.17) is 14.2 Å². The van der Waals surface area contributed by atoms with E-state index in [-0.39, 0.29) is 34.1 Å². The molecule has 0 aliphatic carbocycles. The highest BCUT2D eigenvalue weighted by molar-refractivity contribution is 7.90. The highest BCUT2D eigenvalue weighted by Gasteiger charge is 2.28. The maximum Gasteiger partial charge on any atom is 0.283 e. The maximum atomic E-state index is 13.1. The van der Waals surface area contributed by atoms with Crippen LogP contribution in [0.15, 0.2) is 53.7 Å². The molecule has 0 saturated carbocycles. The van der Waals surface area contributed by atoms with Crippen LogP contribution in [0.25, 0.3) is 0 Å². The van der Waals surface area contributed by atoms with E-state index < -0.39 is 15.9 Å². The molecular formula is C21H24N4O6S. The number of amides is 1. The molecule has 0 fully saturated rings. The smallest absolute Gasteiger partial charge is 0.283 e. The Morgan fingerprint density at radius 1 is 1.09 bits per heavy atom. The minimum Gasteiger partial charge on any atom is -0.495 e.